The second-order valence-corrected chi connectivity index (χ2v) is 6.62. The maximum Gasteiger partial charge on any atom is 0.251 e. The molecule has 0 spiro atoms. The summed E-state index contributed by atoms with van der Waals surface area (Å²) >= 11 is 0. The molecule has 134 valence electrons. The summed E-state index contributed by atoms with van der Waals surface area (Å²) in [4.78, 5) is 30.8. The third-order valence-electron chi connectivity index (χ3n) is 5.08. The largest absolute Gasteiger partial charge is 0.369 e. The van der Waals surface area contributed by atoms with E-state index in [2.05, 4.69) is 21.9 Å². The first kappa shape index (κ1) is 16.7. The van der Waals surface area contributed by atoms with Gasteiger partial charge in [0, 0.05) is 31.9 Å². The third-order valence-corrected chi connectivity index (χ3v) is 5.08. The molecule has 1 atom stereocenters. The highest BCUT2D eigenvalue weighted by Gasteiger charge is 2.43. The topological polar surface area (TPSA) is 43.9 Å². The van der Waals surface area contributed by atoms with Crippen LogP contribution < -0.4 is 9.80 Å². The number of carbonyl (C=O) groups excluding carboxylic acids is 2. The number of carbonyl (C=O) groups is 2. The van der Waals surface area contributed by atoms with Crippen LogP contribution in [0.5, 0.6) is 0 Å². The Bertz CT molecular complexity index is 802. The van der Waals surface area contributed by atoms with E-state index in [0.29, 0.717) is 5.69 Å². The van der Waals surface area contributed by atoms with Gasteiger partial charge in [-0.15, -0.1) is 0 Å². The van der Waals surface area contributed by atoms with Gasteiger partial charge in [0.25, 0.3) is 5.91 Å². The predicted octanol–water partition coefficient (Wildman–Crippen LogP) is 2.28. The summed E-state index contributed by atoms with van der Waals surface area (Å²) in [5, 5.41) is 0. The van der Waals surface area contributed by atoms with Gasteiger partial charge in [0.1, 0.15) is 5.82 Å². The third kappa shape index (κ3) is 3.08. The smallest absolute Gasteiger partial charge is 0.251 e. The van der Waals surface area contributed by atoms with E-state index in [9.17, 15) is 14.0 Å². The summed E-state index contributed by atoms with van der Waals surface area (Å²) in [7, 11) is 0. The summed E-state index contributed by atoms with van der Waals surface area (Å²) < 4.78 is 13.1. The average molecular weight is 353 g/mol. The standard InChI is InChI=1S/C20H20FN3O2/c21-15-6-8-17(9-7-15)24-19(25)14-18(20(24)26)23-12-10-22(11-13-23)16-4-2-1-3-5-16/h1-9,18H,10-14H2/t18-/m0/s1. The van der Waals surface area contributed by atoms with E-state index in [1.807, 2.05) is 18.2 Å². The van der Waals surface area contributed by atoms with Crippen LogP contribution >= 0.6 is 0 Å². The minimum absolute atomic E-state index is 0.182. The molecule has 0 radical (unpaired) electrons. The zero-order valence-electron chi connectivity index (χ0n) is 14.3. The van der Waals surface area contributed by atoms with Crippen molar-refractivity contribution in [3.63, 3.8) is 0 Å². The number of amides is 2. The van der Waals surface area contributed by atoms with Crippen molar-refractivity contribution >= 4 is 23.2 Å². The number of halogens is 1. The summed E-state index contributed by atoms with van der Waals surface area (Å²) in [5.41, 5.74) is 1.61. The lowest BCUT2D eigenvalue weighted by Crippen LogP contribution is -2.52. The number of piperazine rings is 1. The van der Waals surface area contributed by atoms with Crippen LogP contribution in [0.25, 0.3) is 0 Å². The van der Waals surface area contributed by atoms with E-state index in [0.717, 1.165) is 26.2 Å². The van der Waals surface area contributed by atoms with E-state index in [1.54, 1.807) is 0 Å². The Balaban J connectivity index is 1.44. The van der Waals surface area contributed by atoms with Crippen LogP contribution in [0.4, 0.5) is 15.8 Å². The Kier molecular flexibility index (Phi) is 4.42. The fourth-order valence-corrected chi connectivity index (χ4v) is 3.69. The molecule has 6 heteroatoms. The van der Waals surface area contributed by atoms with Gasteiger partial charge in [-0.1, -0.05) is 18.2 Å². The fraction of sp³-hybridized carbons (Fsp3) is 0.300. The molecule has 2 saturated heterocycles. The molecule has 0 bridgehead atoms. The SMILES string of the molecule is O=C1C[C@H](N2CCN(c3ccccc3)CC2)C(=O)N1c1ccc(F)cc1. The molecule has 2 aromatic rings. The second kappa shape index (κ2) is 6.88. The van der Waals surface area contributed by atoms with Crippen molar-refractivity contribution < 1.29 is 14.0 Å². The Morgan fingerprint density at radius 1 is 0.808 bits per heavy atom. The van der Waals surface area contributed by atoms with Gasteiger partial charge in [-0.3, -0.25) is 14.5 Å². The van der Waals surface area contributed by atoms with Gasteiger partial charge >= 0.3 is 0 Å². The molecule has 2 aliphatic heterocycles. The van der Waals surface area contributed by atoms with Gasteiger partial charge in [0.2, 0.25) is 5.91 Å². The van der Waals surface area contributed by atoms with Crippen LogP contribution in [0, 0.1) is 5.82 Å². The number of nitrogens with zero attached hydrogens (tertiary/aromatic N) is 3. The molecule has 0 unspecified atom stereocenters. The normalized spacial score (nSPS) is 21.5. The molecule has 2 amide bonds. The molecule has 2 aliphatic rings. The van der Waals surface area contributed by atoms with Crippen LogP contribution in [0.1, 0.15) is 6.42 Å². The van der Waals surface area contributed by atoms with E-state index >= 15 is 0 Å². The molecule has 0 saturated carbocycles. The molecular weight excluding hydrogens is 333 g/mol. The second-order valence-electron chi connectivity index (χ2n) is 6.62. The van der Waals surface area contributed by atoms with Crippen molar-refractivity contribution in [1.82, 2.24) is 4.90 Å². The molecule has 2 fully saturated rings. The van der Waals surface area contributed by atoms with Gasteiger partial charge < -0.3 is 4.90 Å². The summed E-state index contributed by atoms with van der Waals surface area (Å²) in [6.07, 6.45) is 0.182. The highest BCUT2D eigenvalue weighted by molar-refractivity contribution is 6.22. The zero-order valence-corrected chi connectivity index (χ0v) is 14.3. The lowest BCUT2D eigenvalue weighted by atomic mass is 10.1. The monoisotopic (exact) mass is 353 g/mol. The molecule has 5 nitrogen and oxygen atoms in total. The van der Waals surface area contributed by atoms with E-state index < -0.39 is 6.04 Å². The maximum atomic E-state index is 13.1. The zero-order chi connectivity index (χ0) is 18.1. The minimum Gasteiger partial charge on any atom is -0.369 e. The van der Waals surface area contributed by atoms with Crippen molar-refractivity contribution in [2.45, 2.75) is 12.5 Å². The maximum absolute atomic E-state index is 13.1. The van der Waals surface area contributed by atoms with Crippen molar-refractivity contribution in [2.24, 2.45) is 0 Å². The lowest BCUT2D eigenvalue weighted by molar-refractivity contribution is -0.123. The van der Waals surface area contributed by atoms with Crippen molar-refractivity contribution in [3.05, 3.63) is 60.4 Å². The number of hydrogen-bond acceptors (Lipinski definition) is 4. The van der Waals surface area contributed by atoms with Crippen LogP contribution in [0.15, 0.2) is 54.6 Å². The Morgan fingerprint density at radius 2 is 1.46 bits per heavy atom. The quantitative estimate of drug-likeness (QED) is 0.794. The van der Waals surface area contributed by atoms with Crippen LogP contribution in [0.2, 0.25) is 0 Å². The first-order chi connectivity index (χ1) is 12.6. The predicted molar refractivity (Wildman–Crippen MR) is 97.5 cm³/mol. The fourth-order valence-electron chi connectivity index (χ4n) is 3.69. The summed E-state index contributed by atoms with van der Waals surface area (Å²) in [5.74, 6) is -0.826. The van der Waals surface area contributed by atoms with E-state index in [-0.39, 0.29) is 24.1 Å². The molecule has 26 heavy (non-hydrogen) atoms. The lowest BCUT2D eigenvalue weighted by Gasteiger charge is -2.38. The van der Waals surface area contributed by atoms with Crippen LogP contribution in [-0.2, 0) is 9.59 Å². The van der Waals surface area contributed by atoms with Gasteiger partial charge in [0.15, 0.2) is 0 Å². The van der Waals surface area contributed by atoms with Crippen molar-refractivity contribution in [2.75, 3.05) is 36.0 Å². The Labute approximate surface area is 151 Å². The Morgan fingerprint density at radius 3 is 2.12 bits per heavy atom. The highest BCUT2D eigenvalue weighted by atomic mass is 19.1. The number of anilines is 2. The van der Waals surface area contributed by atoms with Crippen molar-refractivity contribution in [3.8, 4) is 0 Å². The number of imide groups is 1. The van der Waals surface area contributed by atoms with Crippen LogP contribution in [0.3, 0.4) is 0 Å². The number of rotatable bonds is 3. The average Bonchev–Trinajstić information content (AvgIpc) is 2.98. The molecular formula is C20H20FN3O2. The number of benzene rings is 2. The molecule has 4 rings (SSSR count). The Hall–Kier alpha value is -2.73. The minimum atomic E-state index is -0.425. The van der Waals surface area contributed by atoms with Gasteiger partial charge in [-0.05, 0) is 36.4 Å². The first-order valence-corrected chi connectivity index (χ1v) is 8.80. The molecule has 2 aromatic carbocycles. The van der Waals surface area contributed by atoms with Gasteiger partial charge in [-0.2, -0.15) is 0 Å². The van der Waals surface area contributed by atoms with E-state index in [4.69, 9.17) is 0 Å². The van der Waals surface area contributed by atoms with Crippen LogP contribution in [-0.4, -0.2) is 48.9 Å². The van der Waals surface area contributed by atoms with Gasteiger partial charge in [0.05, 0.1) is 18.2 Å². The summed E-state index contributed by atoms with van der Waals surface area (Å²) in [6, 6.07) is 15.2. The highest BCUT2D eigenvalue weighted by Crippen LogP contribution is 2.27. The number of para-hydroxylation sites is 1. The summed E-state index contributed by atoms with van der Waals surface area (Å²) in [6.45, 7) is 3.10. The molecule has 0 aliphatic carbocycles. The van der Waals surface area contributed by atoms with Gasteiger partial charge in [-0.25, -0.2) is 9.29 Å². The molecule has 0 aromatic heterocycles. The van der Waals surface area contributed by atoms with E-state index in [1.165, 1.54) is 34.9 Å². The first-order valence-electron chi connectivity index (χ1n) is 8.80. The molecule has 2 heterocycles. The molecule has 0 N–H and O–H groups in total. The number of hydrogen-bond donors (Lipinski definition) is 0. The van der Waals surface area contributed by atoms with Crippen molar-refractivity contribution in [1.29, 1.82) is 0 Å².